The maximum Gasteiger partial charge on any atom is 0.353 e. The Morgan fingerprint density at radius 3 is 2.62 bits per heavy atom. The van der Waals surface area contributed by atoms with Crippen LogP contribution in [0.5, 0.6) is 0 Å². The van der Waals surface area contributed by atoms with Gasteiger partial charge < -0.3 is 9.64 Å². The number of ether oxygens (including phenoxy) is 1. The Hall–Kier alpha value is -0.990. The molecule has 0 spiro atoms. The summed E-state index contributed by atoms with van der Waals surface area (Å²) in [6.45, 7) is 8.10. The highest BCUT2D eigenvalue weighted by atomic mass is 16.5. The quantitative estimate of drug-likeness (QED) is 0.489. The lowest BCUT2D eigenvalue weighted by Gasteiger charge is -2.18. The van der Waals surface area contributed by atoms with E-state index in [0.29, 0.717) is 12.3 Å². The molecule has 0 aliphatic carbocycles. The van der Waals surface area contributed by atoms with Gasteiger partial charge in [0.05, 0.1) is 6.61 Å². The molecule has 0 amide bonds. The van der Waals surface area contributed by atoms with Gasteiger partial charge in [-0.3, -0.25) is 0 Å². The molecule has 0 aromatic rings. The molecule has 0 radical (unpaired) electrons. The highest BCUT2D eigenvalue weighted by Crippen LogP contribution is 2.13. The third kappa shape index (κ3) is 2.76. The van der Waals surface area contributed by atoms with Crippen molar-refractivity contribution in [3.05, 3.63) is 12.3 Å². The molecule has 3 nitrogen and oxygen atoms in total. The standard InChI is InChI=1S/C10H17NO2/c1-3-8-13-10(12)9(2)11-6-4-5-7-11/h2-8H2,1H3. The molecular formula is C10H17NO2. The lowest BCUT2D eigenvalue weighted by Crippen LogP contribution is -2.25. The average Bonchev–Trinajstić information content (AvgIpc) is 2.65. The maximum absolute atomic E-state index is 11.3. The van der Waals surface area contributed by atoms with Crippen LogP contribution in [0, 0.1) is 0 Å². The Bertz CT molecular complexity index is 195. The van der Waals surface area contributed by atoms with E-state index in [1.54, 1.807) is 0 Å². The van der Waals surface area contributed by atoms with E-state index in [4.69, 9.17) is 4.74 Å². The second kappa shape index (κ2) is 4.90. The van der Waals surface area contributed by atoms with Gasteiger partial charge in [-0.05, 0) is 19.3 Å². The van der Waals surface area contributed by atoms with E-state index in [9.17, 15) is 4.79 Å². The molecule has 0 unspecified atom stereocenters. The first-order chi connectivity index (χ1) is 6.25. The van der Waals surface area contributed by atoms with Crippen molar-refractivity contribution in [3.8, 4) is 0 Å². The van der Waals surface area contributed by atoms with E-state index >= 15 is 0 Å². The molecule has 1 aliphatic rings. The van der Waals surface area contributed by atoms with Crippen LogP contribution in [0.15, 0.2) is 12.3 Å². The first kappa shape index (κ1) is 10.1. The summed E-state index contributed by atoms with van der Waals surface area (Å²) in [5.74, 6) is -0.260. The predicted octanol–water partition coefficient (Wildman–Crippen LogP) is 1.55. The lowest BCUT2D eigenvalue weighted by atomic mass is 10.4. The van der Waals surface area contributed by atoms with Crippen LogP contribution in [-0.2, 0) is 9.53 Å². The number of carbonyl (C=O) groups excluding carboxylic acids is 1. The molecule has 0 aromatic carbocycles. The molecule has 0 atom stereocenters. The first-order valence-corrected chi connectivity index (χ1v) is 4.86. The number of rotatable bonds is 4. The van der Waals surface area contributed by atoms with Crippen molar-refractivity contribution >= 4 is 5.97 Å². The summed E-state index contributed by atoms with van der Waals surface area (Å²) in [5, 5.41) is 0. The molecule has 1 fully saturated rings. The van der Waals surface area contributed by atoms with Gasteiger partial charge in [0.15, 0.2) is 0 Å². The smallest absolute Gasteiger partial charge is 0.353 e. The molecule has 0 bridgehead atoms. The summed E-state index contributed by atoms with van der Waals surface area (Å²) < 4.78 is 4.99. The SMILES string of the molecule is C=C(C(=O)OCCC)N1CCCC1. The van der Waals surface area contributed by atoms with Gasteiger partial charge in [0, 0.05) is 13.1 Å². The van der Waals surface area contributed by atoms with Crippen LogP contribution in [-0.4, -0.2) is 30.6 Å². The van der Waals surface area contributed by atoms with Gasteiger partial charge in [0.2, 0.25) is 0 Å². The average molecular weight is 183 g/mol. The molecule has 0 N–H and O–H groups in total. The minimum absolute atomic E-state index is 0.260. The molecule has 1 saturated heterocycles. The number of carbonyl (C=O) groups is 1. The highest BCUT2D eigenvalue weighted by Gasteiger charge is 2.19. The summed E-state index contributed by atoms with van der Waals surface area (Å²) in [4.78, 5) is 13.3. The van der Waals surface area contributed by atoms with Gasteiger partial charge >= 0.3 is 5.97 Å². The molecule has 3 heteroatoms. The number of likely N-dealkylation sites (tertiary alicyclic amines) is 1. The summed E-state index contributed by atoms with van der Waals surface area (Å²) in [7, 11) is 0. The third-order valence-corrected chi connectivity index (χ3v) is 2.16. The predicted molar refractivity (Wildman–Crippen MR) is 51.2 cm³/mol. The van der Waals surface area contributed by atoms with E-state index in [1.165, 1.54) is 0 Å². The van der Waals surface area contributed by atoms with Gasteiger partial charge in [-0.25, -0.2) is 4.79 Å². The van der Waals surface area contributed by atoms with Crippen LogP contribution < -0.4 is 0 Å². The molecular weight excluding hydrogens is 166 g/mol. The number of nitrogens with zero attached hydrogens (tertiary/aromatic N) is 1. The second-order valence-corrected chi connectivity index (χ2v) is 3.28. The number of hydrogen-bond donors (Lipinski definition) is 0. The topological polar surface area (TPSA) is 29.5 Å². The van der Waals surface area contributed by atoms with Gasteiger partial charge in [-0.2, -0.15) is 0 Å². The minimum atomic E-state index is -0.260. The molecule has 1 aliphatic heterocycles. The molecule has 0 aromatic heterocycles. The van der Waals surface area contributed by atoms with Crippen molar-refractivity contribution in [2.45, 2.75) is 26.2 Å². The number of esters is 1. The van der Waals surface area contributed by atoms with E-state index < -0.39 is 0 Å². The largest absolute Gasteiger partial charge is 0.461 e. The highest BCUT2D eigenvalue weighted by molar-refractivity contribution is 5.87. The zero-order valence-corrected chi connectivity index (χ0v) is 8.21. The van der Waals surface area contributed by atoms with Crippen molar-refractivity contribution in [3.63, 3.8) is 0 Å². The summed E-state index contributed by atoms with van der Waals surface area (Å²) in [5.41, 5.74) is 0.519. The summed E-state index contributed by atoms with van der Waals surface area (Å²) >= 11 is 0. The molecule has 1 rings (SSSR count). The van der Waals surface area contributed by atoms with E-state index in [-0.39, 0.29) is 5.97 Å². The Morgan fingerprint density at radius 2 is 2.08 bits per heavy atom. The van der Waals surface area contributed by atoms with Crippen molar-refractivity contribution in [1.82, 2.24) is 4.90 Å². The fourth-order valence-electron chi connectivity index (χ4n) is 1.39. The van der Waals surface area contributed by atoms with Crippen LogP contribution in [0.25, 0.3) is 0 Å². The van der Waals surface area contributed by atoms with Crippen LogP contribution in [0.2, 0.25) is 0 Å². The Kier molecular flexibility index (Phi) is 3.80. The van der Waals surface area contributed by atoms with Gasteiger partial charge in [-0.1, -0.05) is 13.5 Å². The van der Waals surface area contributed by atoms with Crippen molar-refractivity contribution in [1.29, 1.82) is 0 Å². The minimum Gasteiger partial charge on any atom is -0.461 e. The van der Waals surface area contributed by atoms with Gasteiger partial charge in [-0.15, -0.1) is 0 Å². The van der Waals surface area contributed by atoms with Crippen LogP contribution in [0.1, 0.15) is 26.2 Å². The van der Waals surface area contributed by atoms with Crippen LogP contribution in [0.4, 0.5) is 0 Å². The van der Waals surface area contributed by atoms with Crippen molar-refractivity contribution in [2.75, 3.05) is 19.7 Å². The lowest BCUT2D eigenvalue weighted by molar-refractivity contribution is -0.140. The van der Waals surface area contributed by atoms with Crippen LogP contribution in [0.3, 0.4) is 0 Å². The zero-order chi connectivity index (χ0) is 9.68. The van der Waals surface area contributed by atoms with Gasteiger partial charge in [0.25, 0.3) is 0 Å². The number of hydrogen-bond acceptors (Lipinski definition) is 3. The van der Waals surface area contributed by atoms with E-state index in [1.807, 2.05) is 11.8 Å². The molecule has 74 valence electrons. The molecule has 1 heterocycles. The second-order valence-electron chi connectivity index (χ2n) is 3.28. The van der Waals surface area contributed by atoms with Gasteiger partial charge in [0.1, 0.15) is 5.70 Å². The Labute approximate surface area is 79.4 Å². The maximum atomic E-state index is 11.3. The van der Waals surface area contributed by atoms with Crippen LogP contribution >= 0.6 is 0 Å². The van der Waals surface area contributed by atoms with E-state index in [2.05, 4.69) is 6.58 Å². The normalized spacial score (nSPS) is 15.9. The first-order valence-electron chi connectivity index (χ1n) is 4.86. The fourth-order valence-corrected chi connectivity index (χ4v) is 1.39. The van der Waals surface area contributed by atoms with Crippen molar-refractivity contribution in [2.24, 2.45) is 0 Å². The molecule has 13 heavy (non-hydrogen) atoms. The fraction of sp³-hybridized carbons (Fsp3) is 0.700. The Balaban J connectivity index is 2.32. The summed E-state index contributed by atoms with van der Waals surface area (Å²) in [6.07, 6.45) is 3.17. The monoisotopic (exact) mass is 183 g/mol. The van der Waals surface area contributed by atoms with E-state index in [0.717, 1.165) is 32.4 Å². The zero-order valence-electron chi connectivity index (χ0n) is 8.21. The Morgan fingerprint density at radius 1 is 1.46 bits per heavy atom. The molecule has 0 saturated carbocycles. The summed E-state index contributed by atoms with van der Waals surface area (Å²) in [6, 6.07) is 0. The van der Waals surface area contributed by atoms with Crippen molar-refractivity contribution < 1.29 is 9.53 Å². The third-order valence-electron chi connectivity index (χ3n) is 2.16.